The third-order valence-electron chi connectivity index (χ3n) is 4.75. The quantitative estimate of drug-likeness (QED) is 0.918. The molecule has 0 unspecified atom stereocenters. The maximum absolute atomic E-state index is 12.6. The standard InChI is InChI=1S/C20H22N4O2/c1-14-7-9-15(10-8-14)19-22-12-16(11-21)20(26)24(19)13-18(25)23-17-5-3-2-4-6-17/h7-10,12,17H,2-6,13H2,1H3,(H,23,25). The fourth-order valence-corrected chi connectivity index (χ4v) is 3.31. The molecule has 2 aromatic rings. The Hall–Kier alpha value is -2.94. The molecule has 1 fully saturated rings. The molecule has 1 amide bonds. The van der Waals surface area contributed by atoms with Crippen molar-refractivity contribution in [2.75, 3.05) is 0 Å². The number of amides is 1. The monoisotopic (exact) mass is 350 g/mol. The Bertz CT molecular complexity index is 888. The summed E-state index contributed by atoms with van der Waals surface area (Å²) in [5.41, 5.74) is 1.28. The van der Waals surface area contributed by atoms with Gasteiger partial charge in [0.25, 0.3) is 5.56 Å². The Morgan fingerprint density at radius 3 is 2.62 bits per heavy atom. The van der Waals surface area contributed by atoms with Crippen LogP contribution in [0.1, 0.15) is 43.2 Å². The van der Waals surface area contributed by atoms with Gasteiger partial charge >= 0.3 is 0 Å². The maximum atomic E-state index is 12.6. The highest BCUT2D eigenvalue weighted by Crippen LogP contribution is 2.18. The van der Waals surface area contributed by atoms with E-state index in [2.05, 4.69) is 10.3 Å². The van der Waals surface area contributed by atoms with Gasteiger partial charge in [-0.1, -0.05) is 49.1 Å². The van der Waals surface area contributed by atoms with Gasteiger partial charge in [-0.15, -0.1) is 0 Å². The molecule has 1 aliphatic rings. The number of hydrogen-bond acceptors (Lipinski definition) is 4. The molecular formula is C20H22N4O2. The summed E-state index contributed by atoms with van der Waals surface area (Å²) < 4.78 is 1.29. The van der Waals surface area contributed by atoms with Crippen LogP contribution in [0.5, 0.6) is 0 Å². The van der Waals surface area contributed by atoms with Crippen LogP contribution in [-0.2, 0) is 11.3 Å². The molecule has 6 nitrogen and oxygen atoms in total. The smallest absolute Gasteiger partial charge is 0.272 e. The summed E-state index contributed by atoms with van der Waals surface area (Å²) in [6.45, 7) is 1.84. The third-order valence-corrected chi connectivity index (χ3v) is 4.75. The number of nitriles is 1. The number of nitrogens with one attached hydrogen (secondary N) is 1. The minimum atomic E-state index is -0.489. The van der Waals surface area contributed by atoms with Crippen molar-refractivity contribution < 1.29 is 4.79 Å². The van der Waals surface area contributed by atoms with E-state index in [1.165, 1.54) is 17.2 Å². The highest BCUT2D eigenvalue weighted by atomic mass is 16.2. The second-order valence-corrected chi connectivity index (χ2v) is 6.77. The van der Waals surface area contributed by atoms with Gasteiger partial charge in [-0.25, -0.2) is 4.98 Å². The average Bonchev–Trinajstić information content (AvgIpc) is 2.65. The molecule has 134 valence electrons. The lowest BCUT2D eigenvalue weighted by Crippen LogP contribution is -2.40. The molecule has 0 saturated heterocycles. The van der Waals surface area contributed by atoms with E-state index in [-0.39, 0.29) is 24.1 Å². The van der Waals surface area contributed by atoms with Gasteiger partial charge in [0, 0.05) is 11.6 Å². The van der Waals surface area contributed by atoms with Gasteiger partial charge in [0.2, 0.25) is 5.91 Å². The second kappa shape index (κ2) is 7.96. The highest BCUT2D eigenvalue weighted by molar-refractivity contribution is 5.77. The zero-order chi connectivity index (χ0) is 18.5. The molecule has 0 spiro atoms. The molecule has 1 aliphatic carbocycles. The zero-order valence-corrected chi connectivity index (χ0v) is 14.9. The first-order chi connectivity index (χ1) is 12.6. The van der Waals surface area contributed by atoms with Crippen molar-refractivity contribution in [2.45, 2.75) is 51.6 Å². The van der Waals surface area contributed by atoms with E-state index in [1.54, 1.807) is 0 Å². The summed E-state index contributed by atoms with van der Waals surface area (Å²) in [4.78, 5) is 29.4. The van der Waals surface area contributed by atoms with Crippen molar-refractivity contribution in [3.05, 3.63) is 51.9 Å². The lowest BCUT2D eigenvalue weighted by Gasteiger charge is -2.23. The van der Waals surface area contributed by atoms with Crippen molar-refractivity contribution in [1.82, 2.24) is 14.9 Å². The number of aromatic nitrogens is 2. The Kier molecular flexibility index (Phi) is 5.47. The van der Waals surface area contributed by atoms with E-state index in [4.69, 9.17) is 5.26 Å². The van der Waals surface area contributed by atoms with Gasteiger partial charge in [-0.2, -0.15) is 5.26 Å². The largest absolute Gasteiger partial charge is 0.352 e. The molecule has 1 aromatic carbocycles. The van der Waals surface area contributed by atoms with E-state index >= 15 is 0 Å². The minimum absolute atomic E-state index is 0.0636. The van der Waals surface area contributed by atoms with Crippen LogP contribution < -0.4 is 10.9 Å². The second-order valence-electron chi connectivity index (χ2n) is 6.77. The van der Waals surface area contributed by atoms with Crippen molar-refractivity contribution in [2.24, 2.45) is 0 Å². The fourth-order valence-electron chi connectivity index (χ4n) is 3.31. The van der Waals surface area contributed by atoms with Crippen molar-refractivity contribution in [1.29, 1.82) is 5.26 Å². The first-order valence-electron chi connectivity index (χ1n) is 8.95. The first kappa shape index (κ1) is 17.9. The van der Waals surface area contributed by atoms with Crippen LogP contribution in [0.15, 0.2) is 35.3 Å². The molecule has 1 saturated carbocycles. The highest BCUT2D eigenvalue weighted by Gasteiger charge is 2.19. The van der Waals surface area contributed by atoms with Crippen molar-refractivity contribution in [3.8, 4) is 17.5 Å². The van der Waals surface area contributed by atoms with Gasteiger partial charge in [-0.05, 0) is 19.8 Å². The van der Waals surface area contributed by atoms with Gasteiger partial charge < -0.3 is 5.32 Å². The number of carbonyl (C=O) groups excluding carboxylic acids is 1. The summed E-state index contributed by atoms with van der Waals surface area (Å²) in [6, 6.07) is 9.58. The normalized spacial score (nSPS) is 14.6. The number of hydrogen-bond donors (Lipinski definition) is 1. The van der Waals surface area contributed by atoms with E-state index < -0.39 is 5.56 Å². The molecule has 1 heterocycles. The van der Waals surface area contributed by atoms with Crippen LogP contribution in [-0.4, -0.2) is 21.5 Å². The Morgan fingerprint density at radius 2 is 1.96 bits per heavy atom. The Labute approximate surface area is 152 Å². The molecule has 0 aliphatic heterocycles. The third kappa shape index (κ3) is 3.99. The number of aryl methyl sites for hydroxylation is 1. The van der Waals surface area contributed by atoms with Crippen LogP contribution in [0.2, 0.25) is 0 Å². The summed E-state index contributed by atoms with van der Waals surface area (Å²) in [7, 11) is 0. The SMILES string of the molecule is Cc1ccc(-c2ncc(C#N)c(=O)n2CC(=O)NC2CCCCC2)cc1. The average molecular weight is 350 g/mol. The number of carbonyl (C=O) groups is 1. The lowest BCUT2D eigenvalue weighted by atomic mass is 9.95. The predicted octanol–water partition coefficient (Wildman–Crippen LogP) is 2.54. The van der Waals surface area contributed by atoms with E-state index in [9.17, 15) is 9.59 Å². The molecule has 0 radical (unpaired) electrons. The molecule has 1 N–H and O–H groups in total. The molecule has 1 aromatic heterocycles. The molecule has 26 heavy (non-hydrogen) atoms. The van der Waals surface area contributed by atoms with E-state index in [0.29, 0.717) is 5.82 Å². The summed E-state index contributed by atoms with van der Waals surface area (Å²) >= 11 is 0. The van der Waals surface area contributed by atoms with Gasteiger partial charge in [0.1, 0.15) is 24.0 Å². The number of rotatable bonds is 4. The van der Waals surface area contributed by atoms with Gasteiger partial charge in [0.05, 0.1) is 6.20 Å². The molecule has 0 atom stereocenters. The topological polar surface area (TPSA) is 87.8 Å². The van der Waals surface area contributed by atoms with Crippen molar-refractivity contribution >= 4 is 5.91 Å². The van der Waals surface area contributed by atoms with Crippen molar-refractivity contribution in [3.63, 3.8) is 0 Å². The zero-order valence-electron chi connectivity index (χ0n) is 14.9. The van der Waals surface area contributed by atoms with Crippen LogP contribution in [0.4, 0.5) is 0 Å². The van der Waals surface area contributed by atoms with Crippen LogP contribution >= 0.6 is 0 Å². The Balaban J connectivity index is 1.90. The van der Waals surface area contributed by atoms with Crippen LogP contribution in [0.25, 0.3) is 11.4 Å². The van der Waals surface area contributed by atoms with E-state index in [0.717, 1.165) is 36.8 Å². The lowest BCUT2D eigenvalue weighted by molar-refractivity contribution is -0.122. The summed E-state index contributed by atoms with van der Waals surface area (Å²) in [6.07, 6.45) is 6.66. The number of benzene rings is 1. The van der Waals surface area contributed by atoms with Gasteiger partial charge in [-0.3, -0.25) is 14.2 Å². The van der Waals surface area contributed by atoms with Gasteiger partial charge in [0.15, 0.2) is 0 Å². The van der Waals surface area contributed by atoms with Crippen LogP contribution in [0.3, 0.4) is 0 Å². The number of nitrogens with zero attached hydrogens (tertiary/aromatic N) is 3. The van der Waals surface area contributed by atoms with E-state index in [1.807, 2.05) is 37.3 Å². The molecular weight excluding hydrogens is 328 g/mol. The maximum Gasteiger partial charge on any atom is 0.272 e. The van der Waals surface area contributed by atoms with Crippen LogP contribution in [0, 0.1) is 18.3 Å². The summed E-state index contributed by atoms with van der Waals surface area (Å²) in [5, 5.41) is 12.1. The molecule has 6 heteroatoms. The fraction of sp³-hybridized carbons (Fsp3) is 0.400. The summed E-state index contributed by atoms with van der Waals surface area (Å²) in [5.74, 6) is 0.178. The molecule has 0 bridgehead atoms. The first-order valence-corrected chi connectivity index (χ1v) is 8.95. The molecule has 3 rings (SSSR count). The minimum Gasteiger partial charge on any atom is -0.352 e. The Morgan fingerprint density at radius 1 is 1.27 bits per heavy atom. The predicted molar refractivity (Wildman–Crippen MR) is 98.4 cm³/mol.